The molecule has 2 N–H and O–H groups in total. The number of aromatic nitrogens is 2. The average Bonchev–Trinajstić information content (AvgIpc) is 2.97. The number of aliphatic imine (C=N–C) groups is 1. The van der Waals surface area contributed by atoms with Crippen LogP contribution in [0.1, 0.15) is 29.2 Å². The van der Waals surface area contributed by atoms with Gasteiger partial charge < -0.3 is 9.84 Å². The molecule has 7 heteroatoms. The Morgan fingerprint density at radius 3 is 1.74 bits per heavy atom. The van der Waals surface area contributed by atoms with E-state index in [2.05, 4.69) is 4.98 Å². The molecule has 0 unspecified atom stereocenters. The summed E-state index contributed by atoms with van der Waals surface area (Å²) in [4.78, 5) is 33.1. The average molecular weight is 518 g/mol. The maximum absolute atomic E-state index is 13.0. The van der Waals surface area contributed by atoms with Crippen molar-refractivity contribution >= 4 is 6.21 Å². The van der Waals surface area contributed by atoms with E-state index >= 15 is 0 Å². The summed E-state index contributed by atoms with van der Waals surface area (Å²) in [6, 6.07) is 35.9. The fraction of sp³-hybridized carbons (Fsp3) is 0.0938. The molecule has 0 fully saturated rings. The van der Waals surface area contributed by atoms with Crippen molar-refractivity contribution in [3.05, 3.63) is 158 Å². The van der Waals surface area contributed by atoms with Gasteiger partial charge in [-0.15, -0.1) is 0 Å². The zero-order valence-corrected chi connectivity index (χ0v) is 21.3. The third-order valence-electron chi connectivity index (χ3n) is 6.49. The molecule has 0 aliphatic heterocycles. The van der Waals surface area contributed by atoms with Crippen LogP contribution in [0, 0.1) is 0 Å². The number of aromatic amines is 1. The molecule has 5 aromatic rings. The first-order valence-corrected chi connectivity index (χ1v) is 12.6. The first kappa shape index (κ1) is 25.5. The number of nitrogens with zero attached hydrogens (tertiary/aromatic N) is 2. The highest BCUT2D eigenvalue weighted by Crippen LogP contribution is 2.40. The van der Waals surface area contributed by atoms with Crippen molar-refractivity contribution in [1.82, 2.24) is 9.55 Å². The Labute approximate surface area is 225 Å². The molecule has 0 saturated carbocycles. The standard InChI is InChI=1S/C32H27N3O4/c1-2-39-27-20-18-26(19-21-27)35-30(37)28(29(36)34-31(35)38)22-33-32(23-12-6-3-7-13-23,24-14-8-4-9-15-24)25-16-10-5-11-17-25/h3-22,37H,2H2,1H3,(H,34,36,38). The molecule has 0 amide bonds. The van der Waals surface area contributed by atoms with Gasteiger partial charge >= 0.3 is 5.69 Å². The molecule has 194 valence electrons. The SMILES string of the molecule is CCOc1ccc(-n2c(O)c(C=NC(c3ccccc3)(c3ccccc3)c3ccccc3)c(=O)[nH]c2=O)cc1. The highest BCUT2D eigenvalue weighted by molar-refractivity contribution is 5.83. The van der Waals surface area contributed by atoms with Crippen molar-refractivity contribution < 1.29 is 9.84 Å². The van der Waals surface area contributed by atoms with Gasteiger partial charge in [-0.25, -0.2) is 9.36 Å². The van der Waals surface area contributed by atoms with Crippen molar-refractivity contribution in [2.45, 2.75) is 12.5 Å². The van der Waals surface area contributed by atoms with E-state index < -0.39 is 22.7 Å². The second-order valence-electron chi connectivity index (χ2n) is 8.83. The summed E-state index contributed by atoms with van der Waals surface area (Å²) in [5.74, 6) is 0.109. The maximum atomic E-state index is 13.0. The van der Waals surface area contributed by atoms with Gasteiger partial charge in [-0.2, -0.15) is 0 Å². The molecule has 0 atom stereocenters. The van der Waals surface area contributed by atoms with Crippen LogP contribution in [-0.2, 0) is 5.54 Å². The number of H-pyrrole nitrogens is 1. The van der Waals surface area contributed by atoms with E-state index in [9.17, 15) is 14.7 Å². The van der Waals surface area contributed by atoms with Crippen LogP contribution < -0.4 is 16.0 Å². The summed E-state index contributed by atoms with van der Waals surface area (Å²) < 4.78 is 6.51. The third kappa shape index (κ3) is 4.90. The molecular formula is C32H27N3O4. The quantitative estimate of drug-likeness (QED) is 0.223. The minimum absolute atomic E-state index is 0.143. The molecule has 1 heterocycles. The van der Waals surface area contributed by atoms with Crippen molar-refractivity contribution in [3.8, 4) is 17.3 Å². The van der Waals surface area contributed by atoms with Crippen molar-refractivity contribution in [1.29, 1.82) is 0 Å². The predicted molar refractivity (Wildman–Crippen MR) is 152 cm³/mol. The molecule has 0 saturated heterocycles. The second kappa shape index (κ2) is 11.1. The van der Waals surface area contributed by atoms with E-state index in [1.165, 1.54) is 6.21 Å². The van der Waals surface area contributed by atoms with E-state index in [-0.39, 0.29) is 5.56 Å². The zero-order valence-electron chi connectivity index (χ0n) is 21.3. The number of hydrogen-bond donors (Lipinski definition) is 2. The van der Waals surface area contributed by atoms with Crippen LogP contribution in [0.3, 0.4) is 0 Å². The van der Waals surface area contributed by atoms with Crippen LogP contribution >= 0.6 is 0 Å². The Bertz CT molecular complexity index is 1600. The number of hydrogen-bond acceptors (Lipinski definition) is 5. The van der Waals surface area contributed by atoms with E-state index in [1.54, 1.807) is 24.3 Å². The van der Waals surface area contributed by atoms with E-state index in [0.29, 0.717) is 18.0 Å². The predicted octanol–water partition coefficient (Wildman–Crippen LogP) is 5.04. The second-order valence-corrected chi connectivity index (χ2v) is 8.83. The Morgan fingerprint density at radius 1 is 0.795 bits per heavy atom. The highest BCUT2D eigenvalue weighted by atomic mass is 16.5. The van der Waals surface area contributed by atoms with Crippen LogP contribution in [0.2, 0.25) is 0 Å². The molecule has 7 nitrogen and oxygen atoms in total. The molecule has 0 bridgehead atoms. The maximum Gasteiger partial charge on any atom is 0.335 e. The summed E-state index contributed by atoms with van der Waals surface area (Å²) in [5.41, 5.74) is 0.287. The third-order valence-corrected chi connectivity index (χ3v) is 6.49. The van der Waals surface area contributed by atoms with Crippen LogP contribution in [0.15, 0.2) is 130 Å². The summed E-state index contributed by atoms with van der Waals surface area (Å²) >= 11 is 0. The molecule has 4 aromatic carbocycles. The number of aromatic hydroxyl groups is 1. The van der Waals surface area contributed by atoms with Crippen LogP contribution in [0.5, 0.6) is 11.6 Å². The van der Waals surface area contributed by atoms with Crippen molar-refractivity contribution in [2.24, 2.45) is 4.99 Å². The van der Waals surface area contributed by atoms with Gasteiger partial charge in [0, 0.05) is 6.21 Å². The van der Waals surface area contributed by atoms with Crippen molar-refractivity contribution in [3.63, 3.8) is 0 Å². The first-order valence-electron chi connectivity index (χ1n) is 12.6. The smallest absolute Gasteiger partial charge is 0.335 e. The number of nitrogens with one attached hydrogen (secondary N) is 1. The summed E-state index contributed by atoms with van der Waals surface area (Å²) in [7, 11) is 0. The molecule has 39 heavy (non-hydrogen) atoms. The van der Waals surface area contributed by atoms with Gasteiger partial charge in [0.05, 0.1) is 12.3 Å². The lowest BCUT2D eigenvalue weighted by Crippen LogP contribution is -2.32. The monoisotopic (exact) mass is 517 g/mol. The van der Waals surface area contributed by atoms with Gasteiger partial charge in [-0.1, -0.05) is 91.0 Å². The minimum Gasteiger partial charge on any atom is -0.494 e. The molecule has 1 aromatic heterocycles. The van der Waals surface area contributed by atoms with E-state index in [4.69, 9.17) is 9.73 Å². The van der Waals surface area contributed by atoms with Crippen LogP contribution in [-0.4, -0.2) is 27.5 Å². The lowest BCUT2D eigenvalue weighted by molar-refractivity contribution is 0.340. The van der Waals surface area contributed by atoms with E-state index in [1.807, 2.05) is 97.9 Å². The Hall–Kier alpha value is -5.17. The van der Waals surface area contributed by atoms with E-state index in [0.717, 1.165) is 21.3 Å². The molecule has 0 aliphatic carbocycles. The van der Waals surface area contributed by atoms with Crippen LogP contribution in [0.25, 0.3) is 5.69 Å². The van der Waals surface area contributed by atoms with Gasteiger partial charge in [0.1, 0.15) is 16.9 Å². The summed E-state index contributed by atoms with van der Waals surface area (Å²) in [5, 5.41) is 11.2. The topological polar surface area (TPSA) is 96.7 Å². The number of benzene rings is 4. The lowest BCUT2D eigenvalue weighted by Gasteiger charge is -2.32. The van der Waals surface area contributed by atoms with Crippen molar-refractivity contribution in [2.75, 3.05) is 6.61 Å². The fourth-order valence-electron chi connectivity index (χ4n) is 4.68. The Morgan fingerprint density at radius 2 is 1.28 bits per heavy atom. The number of ether oxygens (including phenoxy) is 1. The molecule has 0 spiro atoms. The Balaban J connectivity index is 1.73. The molecule has 5 rings (SSSR count). The van der Waals surface area contributed by atoms with Gasteiger partial charge in [0.15, 0.2) is 0 Å². The normalized spacial score (nSPS) is 11.5. The van der Waals surface area contributed by atoms with Gasteiger partial charge in [-0.05, 0) is 47.9 Å². The van der Waals surface area contributed by atoms with Gasteiger partial charge in [0.2, 0.25) is 5.88 Å². The fourth-order valence-corrected chi connectivity index (χ4v) is 4.68. The molecular weight excluding hydrogens is 490 g/mol. The Kier molecular flexibility index (Phi) is 7.23. The largest absolute Gasteiger partial charge is 0.494 e. The molecule has 0 aliphatic rings. The summed E-state index contributed by atoms with van der Waals surface area (Å²) in [6.07, 6.45) is 1.34. The van der Waals surface area contributed by atoms with Gasteiger partial charge in [0.25, 0.3) is 5.56 Å². The van der Waals surface area contributed by atoms with Crippen LogP contribution in [0.4, 0.5) is 0 Å². The number of rotatable bonds is 8. The summed E-state index contributed by atoms with van der Waals surface area (Å²) in [6.45, 7) is 2.37. The molecule has 0 radical (unpaired) electrons. The zero-order chi connectivity index (χ0) is 27.2. The minimum atomic E-state index is -1.04. The lowest BCUT2D eigenvalue weighted by atomic mass is 9.77. The van der Waals surface area contributed by atoms with Gasteiger partial charge in [-0.3, -0.25) is 14.8 Å². The highest BCUT2D eigenvalue weighted by Gasteiger charge is 2.35. The first-order chi connectivity index (χ1) is 19.0.